The zero-order valence-corrected chi connectivity index (χ0v) is 12.4. The SMILES string of the molecule is O=C1C=C2CC(N3CCC(F)(F)C3)[C@H]3N4CCCC[C@@H]4C23O1. The summed E-state index contributed by atoms with van der Waals surface area (Å²) in [5.74, 6) is -2.81. The van der Waals surface area contributed by atoms with E-state index in [1.165, 1.54) is 0 Å². The minimum absolute atomic E-state index is 0.0501. The summed E-state index contributed by atoms with van der Waals surface area (Å²) in [7, 11) is 0. The predicted octanol–water partition coefficient (Wildman–Crippen LogP) is 1.56. The molecule has 4 aliphatic heterocycles. The highest BCUT2D eigenvalue weighted by Crippen LogP contribution is 2.59. The largest absolute Gasteiger partial charge is 0.448 e. The first kappa shape index (κ1) is 13.4. The van der Waals surface area contributed by atoms with Crippen molar-refractivity contribution in [3.8, 4) is 0 Å². The number of ether oxygens (including phenoxy) is 1. The van der Waals surface area contributed by atoms with Crippen LogP contribution in [-0.2, 0) is 9.53 Å². The standard InChI is InChI=1S/C16H20F2N2O2/c17-15(18)4-6-19(9-15)11-7-10-8-13(21)22-16(10)12-3-1-2-5-20(12)14(11)16/h8,11-12,14H,1-7,9H2/t11?,12-,14-,16?/m1/s1. The van der Waals surface area contributed by atoms with Gasteiger partial charge in [-0.2, -0.15) is 0 Å². The van der Waals surface area contributed by atoms with Crippen molar-refractivity contribution in [2.45, 2.75) is 61.8 Å². The van der Waals surface area contributed by atoms with E-state index in [0.717, 1.165) is 31.4 Å². The van der Waals surface area contributed by atoms with E-state index in [1.807, 2.05) is 4.90 Å². The van der Waals surface area contributed by atoms with E-state index in [1.54, 1.807) is 6.08 Å². The van der Waals surface area contributed by atoms with E-state index >= 15 is 0 Å². The lowest BCUT2D eigenvalue weighted by molar-refractivity contribution is -0.210. The van der Waals surface area contributed by atoms with Gasteiger partial charge in [-0.3, -0.25) is 9.80 Å². The molecule has 2 unspecified atom stereocenters. The van der Waals surface area contributed by atoms with E-state index in [4.69, 9.17) is 4.74 Å². The Morgan fingerprint density at radius 1 is 1.27 bits per heavy atom. The summed E-state index contributed by atoms with van der Waals surface area (Å²) >= 11 is 0. The van der Waals surface area contributed by atoms with Gasteiger partial charge >= 0.3 is 5.97 Å². The predicted molar refractivity (Wildman–Crippen MR) is 74.6 cm³/mol. The molecule has 1 spiro atoms. The molecule has 5 rings (SSSR count). The zero-order chi connectivity index (χ0) is 15.1. The van der Waals surface area contributed by atoms with Crippen molar-refractivity contribution in [2.75, 3.05) is 19.6 Å². The highest BCUT2D eigenvalue weighted by molar-refractivity contribution is 5.88. The van der Waals surface area contributed by atoms with Crippen LogP contribution < -0.4 is 0 Å². The molecule has 1 saturated carbocycles. The summed E-state index contributed by atoms with van der Waals surface area (Å²) in [4.78, 5) is 16.2. The van der Waals surface area contributed by atoms with Gasteiger partial charge in [0.25, 0.3) is 5.92 Å². The van der Waals surface area contributed by atoms with Gasteiger partial charge in [-0.25, -0.2) is 13.6 Å². The Labute approximate surface area is 128 Å². The Balaban J connectivity index is 1.49. The Hall–Kier alpha value is -1.01. The van der Waals surface area contributed by atoms with Gasteiger partial charge in [0.15, 0.2) is 5.60 Å². The molecular weight excluding hydrogens is 290 g/mol. The first-order valence-electron chi connectivity index (χ1n) is 8.33. The first-order chi connectivity index (χ1) is 10.5. The topological polar surface area (TPSA) is 32.8 Å². The van der Waals surface area contributed by atoms with Crippen LogP contribution in [0.1, 0.15) is 32.1 Å². The van der Waals surface area contributed by atoms with Crippen LogP contribution in [0.5, 0.6) is 0 Å². The van der Waals surface area contributed by atoms with Crippen LogP contribution in [0.3, 0.4) is 0 Å². The van der Waals surface area contributed by atoms with Gasteiger partial charge in [0, 0.05) is 25.1 Å². The van der Waals surface area contributed by atoms with E-state index < -0.39 is 11.5 Å². The maximum atomic E-state index is 13.6. The number of piperidine rings is 1. The molecule has 120 valence electrons. The molecule has 4 atom stereocenters. The second kappa shape index (κ2) is 4.09. The number of rotatable bonds is 1. The molecule has 0 radical (unpaired) electrons. The lowest BCUT2D eigenvalue weighted by atomic mass is 9.70. The number of fused-ring (bicyclic) bond motifs is 2. The van der Waals surface area contributed by atoms with Crippen molar-refractivity contribution in [1.82, 2.24) is 9.80 Å². The molecule has 5 aliphatic rings. The van der Waals surface area contributed by atoms with Crippen molar-refractivity contribution in [1.29, 1.82) is 0 Å². The summed E-state index contributed by atoms with van der Waals surface area (Å²) < 4.78 is 33.0. The molecular formula is C16H20F2N2O2. The highest BCUT2D eigenvalue weighted by atomic mass is 19.3. The quantitative estimate of drug-likeness (QED) is 0.688. The first-order valence-corrected chi connectivity index (χ1v) is 8.33. The van der Waals surface area contributed by atoms with Gasteiger partial charge in [0.2, 0.25) is 0 Å². The third kappa shape index (κ3) is 1.50. The molecule has 0 N–H and O–H groups in total. The second-order valence-electron chi connectivity index (χ2n) is 7.43. The van der Waals surface area contributed by atoms with Gasteiger partial charge in [0.05, 0.1) is 18.6 Å². The monoisotopic (exact) mass is 310 g/mol. The smallest absolute Gasteiger partial charge is 0.331 e. The fraction of sp³-hybridized carbons (Fsp3) is 0.812. The van der Waals surface area contributed by atoms with Crippen molar-refractivity contribution >= 4 is 5.97 Å². The third-order valence-corrected chi connectivity index (χ3v) is 6.36. The number of hydrogen-bond donors (Lipinski definition) is 0. The van der Waals surface area contributed by atoms with Crippen LogP contribution in [0, 0.1) is 0 Å². The number of hydrogen-bond acceptors (Lipinski definition) is 4. The van der Waals surface area contributed by atoms with Crippen molar-refractivity contribution < 1.29 is 18.3 Å². The number of halogens is 2. The summed E-state index contributed by atoms with van der Waals surface area (Å²) in [6.07, 6.45) is 5.65. The molecule has 0 bridgehead atoms. The van der Waals surface area contributed by atoms with Gasteiger partial charge in [-0.05, 0) is 31.4 Å². The summed E-state index contributed by atoms with van der Waals surface area (Å²) in [6, 6.07) is 0.434. The van der Waals surface area contributed by atoms with E-state index in [-0.39, 0.29) is 37.1 Å². The molecule has 4 fully saturated rings. The minimum Gasteiger partial charge on any atom is -0.448 e. The van der Waals surface area contributed by atoms with Crippen LogP contribution >= 0.6 is 0 Å². The van der Waals surface area contributed by atoms with Crippen LogP contribution in [-0.4, -0.2) is 65.1 Å². The van der Waals surface area contributed by atoms with Crippen molar-refractivity contribution in [3.05, 3.63) is 11.6 Å². The van der Waals surface area contributed by atoms with E-state index in [2.05, 4.69) is 4.90 Å². The van der Waals surface area contributed by atoms with E-state index in [9.17, 15) is 13.6 Å². The number of esters is 1. The molecule has 0 aromatic heterocycles. The number of alkyl halides is 2. The molecule has 0 amide bonds. The molecule has 3 saturated heterocycles. The highest BCUT2D eigenvalue weighted by Gasteiger charge is 2.73. The third-order valence-electron chi connectivity index (χ3n) is 6.36. The Bertz CT molecular complexity index is 578. The minimum atomic E-state index is -2.57. The Morgan fingerprint density at radius 2 is 2.14 bits per heavy atom. The van der Waals surface area contributed by atoms with Gasteiger partial charge < -0.3 is 4.74 Å². The molecule has 6 heteroatoms. The summed E-state index contributed by atoms with van der Waals surface area (Å²) in [5.41, 5.74) is 0.575. The number of carbonyl (C=O) groups is 1. The maximum Gasteiger partial charge on any atom is 0.331 e. The zero-order valence-electron chi connectivity index (χ0n) is 12.4. The van der Waals surface area contributed by atoms with Crippen molar-refractivity contribution in [2.24, 2.45) is 0 Å². The Morgan fingerprint density at radius 3 is 2.91 bits per heavy atom. The average molecular weight is 310 g/mol. The molecule has 22 heavy (non-hydrogen) atoms. The lowest BCUT2D eigenvalue weighted by Crippen LogP contribution is -2.79. The second-order valence-corrected chi connectivity index (χ2v) is 7.43. The van der Waals surface area contributed by atoms with E-state index in [0.29, 0.717) is 13.0 Å². The number of carbonyl (C=O) groups excluding carboxylic acids is 1. The van der Waals surface area contributed by atoms with Crippen LogP contribution in [0.25, 0.3) is 0 Å². The van der Waals surface area contributed by atoms with Gasteiger partial charge in [0.1, 0.15) is 0 Å². The molecule has 1 aliphatic carbocycles. The summed E-state index contributed by atoms with van der Waals surface area (Å²) in [5, 5.41) is 0. The maximum absolute atomic E-state index is 13.6. The van der Waals surface area contributed by atoms with Crippen molar-refractivity contribution in [3.63, 3.8) is 0 Å². The number of likely N-dealkylation sites (tertiary alicyclic amines) is 1. The van der Waals surface area contributed by atoms with Crippen LogP contribution in [0.15, 0.2) is 11.6 Å². The lowest BCUT2D eigenvalue weighted by Gasteiger charge is -2.62. The molecule has 4 nitrogen and oxygen atoms in total. The summed E-state index contributed by atoms with van der Waals surface area (Å²) in [6.45, 7) is 1.30. The molecule has 0 aromatic carbocycles. The van der Waals surface area contributed by atoms with Crippen LogP contribution in [0.2, 0.25) is 0 Å². The van der Waals surface area contributed by atoms with Crippen LogP contribution in [0.4, 0.5) is 8.78 Å². The van der Waals surface area contributed by atoms with Gasteiger partial charge in [-0.1, -0.05) is 6.42 Å². The fourth-order valence-electron chi connectivity index (χ4n) is 5.59. The molecule has 4 heterocycles. The average Bonchev–Trinajstić information content (AvgIpc) is 3.06. The normalized spacial score (nSPS) is 46.5. The van der Waals surface area contributed by atoms with Gasteiger partial charge in [-0.15, -0.1) is 0 Å². The Kier molecular flexibility index (Phi) is 2.50. The molecule has 0 aromatic rings. The number of nitrogens with zero attached hydrogens (tertiary/aromatic N) is 2. The fourth-order valence-corrected chi connectivity index (χ4v) is 5.59.